The van der Waals surface area contributed by atoms with E-state index in [4.69, 9.17) is 0 Å². The van der Waals surface area contributed by atoms with E-state index in [0.29, 0.717) is 0 Å². The Labute approximate surface area is 113 Å². The van der Waals surface area contributed by atoms with E-state index in [1.165, 1.54) is 31.2 Å². The number of hydrogen-bond donors (Lipinski definition) is 1. The molecule has 0 aromatic carbocycles. The van der Waals surface area contributed by atoms with Gasteiger partial charge in [0.1, 0.15) is 12.1 Å². The van der Waals surface area contributed by atoms with Crippen LogP contribution < -0.4 is 5.32 Å². The number of allylic oxidation sites excluding steroid dienone is 1. The number of aromatic nitrogens is 3. The molecule has 0 fully saturated rings. The Kier molecular flexibility index (Phi) is 3.49. The van der Waals surface area contributed by atoms with Crippen LogP contribution in [0.5, 0.6) is 0 Å². The number of aryl methyl sites for hydroxylation is 1. The van der Waals surface area contributed by atoms with Crippen molar-refractivity contribution < 1.29 is 0 Å². The summed E-state index contributed by atoms with van der Waals surface area (Å²) in [4.78, 5) is 4.24. The van der Waals surface area contributed by atoms with E-state index < -0.39 is 0 Å². The predicted octanol–water partition coefficient (Wildman–Crippen LogP) is 3.34. The fourth-order valence-corrected chi connectivity index (χ4v) is 2.67. The molecule has 2 heterocycles. The average molecular weight is 256 g/mol. The van der Waals surface area contributed by atoms with Crippen LogP contribution in [0.3, 0.4) is 0 Å². The van der Waals surface area contributed by atoms with Crippen molar-refractivity contribution >= 4 is 11.5 Å². The van der Waals surface area contributed by atoms with E-state index in [1.807, 2.05) is 10.6 Å². The quantitative estimate of drug-likeness (QED) is 0.853. The molecule has 0 saturated heterocycles. The SMILES string of the molecule is Cc1cc(NCCC2=CCCCC2)n2ncnc2c1. The van der Waals surface area contributed by atoms with Gasteiger partial charge in [-0.3, -0.25) is 0 Å². The summed E-state index contributed by atoms with van der Waals surface area (Å²) in [7, 11) is 0. The third-order valence-electron chi connectivity index (χ3n) is 3.66. The second-order valence-corrected chi connectivity index (χ2v) is 5.23. The molecule has 4 heteroatoms. The van der Waals surface area contributed by atoms with Crippen molar-refractivity contribution in [1.29, 1.82) is 0 Å². The van der Waals surface area contributed by atoms with Crippen molar-refractivity contribution in [3.8, 4) is 0 Å². The zero-order valence-electron chi connectivity index (χ0n) is 11.4. The molecule has 4 nitrogen and oxygen atoms in total. The van der Waals surface area contributed by atoms with Gasteiger partial charge in [-0.25, -0.2) is 4.98 Å². The molecule has 0 amide bonds. The average Bonchev–Trinajstić information content (AvgIpc) is 2.88. The number of anilines is 1. The summed E-state index contributed by atoms with van der Waals surface area (Å²) in [5, 5.41) is 7.74. The second kappa shape index (κ2) is 5.43. The van der Waals surface area contributed by atoms with Crippen LogP contribution in [0.4, 0.5) is 5.82 Å². The van der Waals surface area contributed by atoms with Gasteiger partial charge in [0.05, 0.1) is 0 Å². The summed E-state index contributed by atoms with van der Waals surface area (Å²) >= 11 is 0. The summed E-state index contributed by atoms with van der Waals surface area (Å²) < 4.78 is 1.86. The molecule has 3 rings (SSSR count). The monoisotopic (exact) mass is 256 g/mol. The molecule has 1 N–H and O–H groups in total. The maximum Gasteiger partial charge on any atom is 0.157 e. The number of rotatable bonds is 4. The first-order valence-electron chi connectivity index (χ1n) is 7.05. The van der Waals surface area contributed by atoms with Gasteiger partial charge in [-0.15, -0.1) is 0 Å². The Morgan fingerprint density at radius 2 is 2.26 bits per heavy atom. The third kappa shape index (κ3) is 2.78. The normalized spacial score (nSPS) is 15.5. The van der Waals surface area contributed by atoms with E-state index in [0.717, 1.165) is 24.4 Å². The van der Waals surface area contributed by atoms with Gasteiger partial charge in [-0.1, -0.05) is 11.6 Å². The largest absolute Gasteiger partial charge is 0.370 e. The van der Waals surface area contributed by atoms with Gasteiger partial charge >= 0.3 is 0 Å². The van der Waals surface area contributed by atoms with Gasteiger partial charge in [0.2, 0.25) is 0 Å². The van der Waals surface area contributed by atoms with Crippen molar-refractivity contribution in [2.45, 2.75) is 39.0 Å². The second-order valence-electron chi connectivity index (χ2n) is 5.23. The summed E-state index contributed by atoms with van der Waals surface area (Å²) in [5.41, 5.74) is 3.71. The van der Waals surface area contributed by atoms with Crippen LogP contribution in [0, 0.1) is 6.92 Å². The first kappa shape index (κ1) is 12.2. The fourth-order valence-electron chi connectivity index (χ4n) is 2.67. The van der Waals surface area contributed by atoms with Crippen molar-refractivity contribution in [2.75, 3.05) is 11.9 Å². The molecule has 0 saturated carbocycles. The lowest BCUT2D eigenvalue weighted by molar-refractivity contribution is 0.679. The number of hydrogen-bond acceptors (Lipinski definition) is 3. The summed E-state index contributed by atoms with van der Waals surface area (Å²) in [6.07, 6.45) is 10.4. The number of fused-ring (bicyclic) bond motifs is 1. The van der Waals surface area contributed by atoms with E-state index >= 15 is 0 Å². The summed E-state index contributed by atoms with van der Waals surface area (Å²) in [5.74, 6) is 1.03. The molecule has 1 aliphatic rings. The third-order valence-corrected chi connectivity index (χ3v) is 3.66. The highest BCUT2D eigenvalue weighted by molar-refractivity contribution is 5.51. The number of nitrogens with one attached hydrogen (secondary N) is 1. The highest BCUT2D eigenvalue weighted by atomic mass is 15.3. The molecule has 19 heavy (non-hydrogen) atoms. The minimum atomic E-state index is 0.902. The first-order chi connectivity index (χ1) is 9.33. The minimum absolute atomic E-state index is 0.902. The van der Waals surface area contributed by atoms with Crippen LogP contribution >= 0.6 is 0 Å². The lowest BCUT2D eigenvalue weighted by Crippen LogP contribution is -2.08. The standard InChI is InChI=1S/C15H20N4/c1-12-9-14(19-15(10-12)17-11-18-19)16-8-7-13-5-3-2-4-6-13/h5,9-11,16H,2-4,6-8H2,1H3. The molecule has 2 aromatic heterocycles. The molecular weight excluding hydrogens is 236 g/mol. The highest BCUT2D eigenvalue weighted by Crippen LogP contribution is 2.20. The predicted molar refractivity (Wildman–Crippen MR) is 77.4 cm³/mol. The van der Waals surface area contributed by atoms with Crippen LogP contribution in [-0.4, -0.2) is 21.1 Å². The van der Waals surface area contributed by atoms with Crippen LogP contribution in [0.25, 0.3) is 5.65 Å². The maximum absolute atomic E-state index is 4.25. The van der Waals surface area contributed by atoms with Gasteiger partial charge in [-0.05, 0) is 56.7 Å². The smallest absolute Gasteiger partial charge is 0.157 e. The Morgan fingerprint density at radius 3 is 3.11 bits per heavy atom. The van der Waals surface area contributed by atoms with Crippen molar-refractivity contribution in [1.82, 2.24) is 14.6 Å². The first-order valence-corrected chi connectivity index (χ1v) is 7.05. The van der Waals surface area contributed by atoms with Crippen molar-refractivity contribution in [3.63, 3.8) is 0 Å². The molecule has 100 valence electrons. The van der Waals surface area contributed by atoms with E-state index in [-0.39, 0.29) is 0 Å². The molecule has 0 unspecified atom stereocenters. The van der Waals surface area contributed by atoms with Crippen LogP contribution in [0.15, 0.2) is 30.1 Å². The van der Waals surface area contributed by atoms with Crippen molar-refractivity contribution in [2.24, 2.45) is 0 Å². The van der Waals surface area contributed by atoms with Crippen LogP contribution in [0.2, 0.25) is 0 Å². The topological polar surface area (TPSA) is 42.2 Å². The molecule has 0 spiro atoms. The zero-order chi connectivity index (χ0) is 13.1. The molecule has 0 radical (unpaired) electrons. The van der Waals surface area contributed by atoms with Gasteiger partial charge in [0.25, 0.3) is 0 Å². The Morgan fingerprint density at radius 1 is 1.32 bits per heavy atom. The van der Waals surface area contributed by atoms with E-state index in [1.54, 1.807) is 11.9 Å². The Bertz CT molecular complexity index is 597. The molecule has 0 bridgehead atoms. The molecular formula is C15H20N4. The molecule has 0 atom stereocenters. The van der Waals surface area contributed by atoms with Crippen LogP contribution in [0.1, 0.15) is 37.7 Å². The molecule has 0 aliphatic heterocycles. The summed E-state index contributed by atoms with van der Waals surface area (Å²) in [6.45, 7) is 3.05. The van der Waals surface area contributed by atoms with Crippen LogP contribution in [-0.2, 0) is 0 Å². The number of pyridine rings is 1. The van der Waals surface area contributed by atoms with E-state index in [2.05, 4.69) is 34.5 Å². The van der Waals surface area contributed by atoms with Gasteiger partial charge in [-0.2, -0.15) is 9.61 Å². The van der Waals surface area contributed by atoms with Gasteiger partial charge in [0.15, 0.2) is 5.65 Å². The van der Waals surface area contributed by atoms with Gasteiger partial charge in [0, 0.05) is 6.54 Å². The fraction of sp³-hybridized carbons (Fsp3) is 0.467. The zero-order valence-corrected chi connectivity index (χ0v) is 11.4. The minimum Gasteiger partial charge on any atom is -0.370 e. The lowest BCUT2D eigenvalue weighted by Gasteiger charge is -2.14. The summed E-state index contributed by atoms with van der Waals surface area (Å²) in [6, 6.07) is 4.17. The molecule has 1 aliphatic carbocycles. The van der Waals surface area contributed by atoms with Crippen molar-refractivity contribution in [3.05, 3.63) is 35.7 Å². The van der Waals surface area contributed by atoms with Gasteiger partial charge < -0.3 is 5.32 Å². The highest BCUT2D eigenvalue weighted by Gasteiger charge is 2.06. The van der Waals surface area contributed by atoms with E-state index in [9.17, 15) is 0 Å². The Hall–Kier alpha value is -1.84. The number of nitrogens with zero attached hydrogens (tertiary/aromatic N) is 3. The maximum atomic E-state index is 4.25. The lowest BCUT2D eigenvalue weighted by atomic mass is 9.97. The Balaban J connectivity index is 1.68. The molecule has 2 aromatic rings.